The molecule has 1 aliphatic heterocycles. The molecule has 0 aliphatic carbocycles. The number of hydrogen-bond donors (Lipinski definition) is 3. The molecule has 0 saturated heterocycles. The lowest BCUT2D eigenvalue weighted by Gasteiger charge is -2.21. The smallest absolute Gasteiger partial charge is 0.408 e. The van der Waals surface area contributed by atoms with Crippen molar-refractivity contribution in [1.82, 2.24) is 20.2 Å². The van der Waals surface area contributed by atoms with Gasteiger partial charge in [0.2, 0.25) is 5.95 Å². The summed E-state index contributed by atoms with van der Waals surface area (Å²) in [5.74, 6) is 0.467. The van der Waals surface area contributed by atoms with Crippen molar-refractivity contribution < 1.29 is 23.2 Å². The zero-order valence-electron chi connectivity index (χ0n) is 20.6. The van der Waals surface area contributed by atoms with Crippen LogP contribution in [0.1, 0.15) is 37.9 Å². The number of nitrogens with zero attached hydrogens (tertiary/aromatic N) is 4. The number of nitrogens with one attached hydrogen (secondary N) is 2. The van der Waals surface area contributed by atoms with Crippen LogP contribution in [0.5, 0.6) is 0 Å². The van der Waals surface area contributed by atoms with E-state index < -0.39 is 24.9 Å². The summed E-state index contributed by atoms with van der Waals surface area (Å²) in [7, 11) is -0.418. The summed E-state index contributed by atoms with van der Waals surface area (Å²) in [6, 6.07) is 14.7. The van der Waals surface area contributed by atoms with E-state index in [4.69, 9.17) is 13.7 Å². The second-order valence-corrected chi connectivity index (χ2v) is 8.95. The Hall–Kier alpha value is -3.87. The van der Waals surface area contributed by atoms with E-state index >= 15 is 0 Å². The minimum Gasteiger partial charge on any atom is -0.408 e. The van der Waals surface area contributed by atoms with Crippen molar-refractivity contribution in [2.24, 2.45) is 0 Å². The zero-order valence-corrected chi connectivity index (χ0v) is 20.6. The molecule has 0 fully saturated rings. The molecule has 1 atom stereocenters. The second kappa shape index (κ2) is 10.2. The third kappa shape index (κ3) is 5.17. The van der Waals surface area contributed by atoms with Gasteiger partial charge in [0, 0.05) is 18.5 Å². The second-order valence-electron chi connectivity index (χ2n) is 8.95. The molecule has 4 aromatic rings. The number of hydrogen-bond acceptors (Lipinski definition) is 10. The Kier molecular flexibility index (Phi) is 6.87. The third-order valence-electron chi connectivity index (χ3n) is 6.05. The molecule has 190 valence electrons. The van der Waals surface area contributed by atoms with Gasteiger partial charge >= 0.3 is 13.3 Å². The summed E-state index contributed by atoms with van der Waals surface area (Å²) in [5.41, 5.74) is 3.32. The van der Waals surface area contributed by atoms with Gasteiger partial charge in [-0.1, -0.05) is 41.5 Å². The number of benzene rings is 2. The standard InChI is InChI=1S/C25H26BFN6O4/c1-4-35-26-19-11-10-16(12-18(19)25(2,3)37-26)29-24-28-13-17(22-32-33-23(27)36-22)21(31-24)30-20(14-34)15-8-6-5-7-9-15/h5-13,20,34H,4,14H2,1-3H3,(H2,28,29,30,31)/t20-/m1/s1. The van der Waals surface area contributed by atoms with Gasteiger partial charge in [-0.15, -0.1) is 9.49 Å². The lowest BCUT2D eigenvalue weighted by atomic mass is 9.77. The molecule has 2 aromatic heterocycles. The molecule has 0 saturated carbocycles. The van der Waals surface area contributed by atoms with Crippen molar-refractivity contribution in [3.63, 3.8) is 0 Å². The highest BCUT2D eigenvalue weighted by Crippen LogP contribution is 2.34. The lowest BCUT2D eigenvalue weighted by Crippen LogP contribution is -2.32. The molecule has 0 radical (unpaired) electrons. The number of aliphatic hydroxyl groups excluding tert-OH is 1. The Labute approximate surface area is 213 Å². The molecule has 0 unspecified atom stereocenters. The lowest BCUT2D eigenvalue weighted by molar-refractivity contribution is 0.0867. The number of fused-ring (bicyclic) bond motifs is 1. The summed E-state index contributed by atoms with van der Waals surface area (Å²) >= 11 is 0. The molecule has 12 heteroatoms. The Morgan fingerprint density at radius 1 is 1.16 bits per heavy atom. The monoisotopic (exact) mass is 504 g/mol. The van der Waals surface area contributed by atoms with Crippen molar-refractivity contribution in [3.05, 3.63) is 72.0 Å². The maximum atomic E-state index is 13.5. The molecule has 3 heterocycles. The van der Waals surface area contributed by atoms with Crippen LogP contribution in [0.4, 0.5) is 21.8 Å². The van der Waals surface area contributed by atoms with Crippen LogP contribution in [-0.4, -0.2) is 45.6 Å². The average molecular weight is 504 g/mol. The molecule has 37 heavy (non-hydrogen) atoms. The van der Waals surface area contributed by atoms with Crippen LogP contribution >= 0.6 is 0 Å². The van der Waals surface area contributed by atoms with E-state index in [0.717, 1.165) is 22.3 Å². The number of aromatic nitrogens is 4. The fourth-order valence-corrected chi connectivity index (χ4v) is 4.27. The first-order chi connectivity index (χ1) is 17.9. The van der Waals surface area contributed by atoms with Gasteiger partial charge in [0.05, 0.1) is 23.8 Å². The predicted octanol–water partition coefficient (Wildman–Crippen LogP) is 3.55. The Morgan fingerprint density at radius 2 is 1.97 bits per heavy atom. The predicted molar refractivity (Wildman–Crippen MR) is 136 cm³/mol. The first kappa shape index (κ1) is 24.8. The first-order valence-corrected chi connectivity index (χ1v) is 11.9. The molecule has 3 N–H and O–H groups in total. The minimum absolute atomic E-state index is 0.0882. The van der Waals surface area contributed by atoms with Crippen molar-refractivity contribution in [3.8, 4) is 11.5 Å². The summed E-state index contributed by atoms with van der Waals surface area (Å²) in [6.07, 6.45) is 0.383. The topological polar surface area (TPSA) is 127 Å². The molecular weight excluding hydrogens is 478 g/mol. The van der Waals surface area contributed by atoms with E-state index in [1.165, 1.54) is 6.20 Å². The first-order valence-electron chi connectivity index (χ1n) is 11.9. The highest BCUT2D eigenvalue weighted by molar-refractivity contribution is 6.63. The van der Waals surface area contributed by atoms with Crippen LogP contribution in [0.2, 0.25) is 0 Å². The quantitative estimate of drug-likeness (QED) is 0.291. The molecular formula is C25H26BFN6O4. The molecule has 1 aliphatic rings. The van der Waals surface area contributed by atoms with E-state index in [9.17, 15) is 9.50 Å². The Morgan fingerprint density at radius 3 is 2.68 bits per heavy atom. The molecule has 0 spiro atoms. The van der Waals surface area contributed by atoms with Crippen LogP contribution in [0.15, 0.2) is 59.1 Å². The third-order valence-corrected chi connectivity index (χ3v) is 6.05. The number of aliphatic hydroxyl groups is 1. The van der Waals surface area contributed by atoms with E-state index in [0.29, 0.717) is 12.2 Å². The van der Waals surface area contributed by atoms with Crippen LogP contribution in [0.3, 0.4) is 0 Å². The van der Waals surface area contributed by atoms with Crippen LogP contribution in [0.25, 0.3) is 11.5 Å². The van der Waals surface area contributed by atoms with Crippen LogP contribution in [0, 0.1) is 6.14 Å². The normalized spacial score (nSPS) is 14.9. The summed E-state index contributed by atoms with van der Waals surface area (Å²) < 4.78 is 30.3. The minimum atomic E-state index is -1.07. The van der Waals surface area contributed by atoms with E-state index in [2.05, 4.69) is 30.8 Å². The van der Waals surface area contributed by atoms with Gasteiger partial charge in [0.25, 0.3) is 5.89 Å². The van der Waals surface area contributed by atoms with Crippen molar-refractivity contribution in [1.29, 1.82) is 0 Å². The van der Waals surface area contributed by atoms with Crippen LogP contribution in [-0.2, 0) is 14.9 Å². The van der Waals surface area contributed by atoms with Gasteiger partial charge in [-0.3, -0.25) is 0 Å². The van der Waals surface area contributed by atoms with Gasteiger partial charge in [-0.05, 0) is 49.5 Å². The summed E-state index contributed by atoms with van der Waals surface area (Å²) in [6.45, 7) is 6.24. The molecule has 10 nitrogen and oxygen atoms in total. The fraction of sp³-hybridized carbons (Fsp3) is 0.280. The Bertz CT molecular complexity index is 1390. The molecule has 5 rings (SSSR count). The number of halogens is 1. The average Bonchev–Trinajstić information content (AvgIpc) is 3.43. The SMILES string of the molecule is CCOB1OC(C)(C)c2cc(Nc3ncc(-c4nnc(F)o4)c(N[C@H](CO)c4ccccc4)n3)ccc21. The van der Waals surface area contributed by atoms with E-state index in [1.807, 2.05) is 69.3 Å². The van der Waals surface area contributed by atoms with Gasteiger partial charge in [-0.2, -0.15) is 4.98 Å². The molecule has 0 bridgehead atoms. The molecule has 2 aromatic carbocycles. The van der Waals surface area contributed by atoms with Gasteiger partial charge in [-0.25, -0.2) is 4.98 Å². The largest absolute Gasteiger partial charge is 0.494 e. The van der Waals surface area contributed by atoms with Gasteiger partial charge in [0.1, 0.15) is 5.82 Å². The molecule has 0 amide bonds. The van der Waals surface area contributed by atoms with Crippen molar-refractivity contribution in [2.75, 3.05) is 23.8 Å². The number of anilines is 3. The summed E-state index contributed by atoms with van der Waals surface area (Å²) in [4.78, 5) is 8.96. The Balaban J connectivity index is 1.47. The van der Waals surface area contributed by atoms with Crippen molar-refractivity contribution in [2.45, 2.75) is 32.4 Å². The zero-order chi connectivity index (χ0) is 26.0. The summed E-state index contributed by atoms with van der Waals surface area (Å²) in [5, 5.41) is 23.5. The van der Waals surface area contributed by atoms with E-state index in [-0.39, 0.29) is 24.3 Å². The van der Waals surface area contributed by atoms with Crippen molar-refractivity contribution >= 4 is 30.0 Å². The van der Waals surface area contributed by atoms with Gasteiger partial charge < -0.3 is 29.5 Å². The highest BCUT2D eigenvalue weighted by atomic mass is 19.1. The number of rotatable bonds is 9. The highest BCUT2D eigenvalue weighted by Gasteiger charge is 2.42. The maximum Gasteiger partial charge on any atom is 0.494 e. The van der Waals surface area contributed by atoms with Gasteiger partial charge in [0.15, 0.2) is 0 Å². The van der Waals surface area contributed by atoms with Crippen LogP contribution < -0.4 is 16.1 Å². The fourth-order valence-electron chi connectivity index (χ4n) is 4.27. The van der Waals surface area contributed by atoms with E-state index in [1.54, 1.807) is 0 Å². The maximum absolute atomic E-state index is 13.5.